The van der Waals surface area contributed by atoms with E-state index in [0.29, 0.717) is 52.9 Å². The summed E-state index contributed by atoms with van der Waals surface area (Å²) in [7, 11) is -2.78. The fraction of sp³-hybridized carbons (Fsp3) is 0.769. The van der Waals surface area contributed by atoms with Crippen molar-refractivity contribution < 1.29 is 23.1 Å². The zero-order valence-corrected chi connectivity index (χ0v) is 34.8. The third-order valence-electron chi connectivity index (χ3n) is 11.2. The van der Waals surface area contributed by atoms with E-state index < -0.39 is 16.6 Å². The van der Waals surface area contributed by atoms with Crippen molar-refractivity contribution in [2.24, 2.45) is 10.4 Å². The van der Waals surface area contributed by atoms with Crippen molar-refractivity contribution in [3.63, 3.8) is 0 Å². The highest BCUT2D eigenvalue weighted by atomic mass is 28.4. The van der Waals surface area contributed by atoms with Gasteiger partial charge in [0.25, 0.3) is 0 Å². The highest BCUT2D eigenvalue weighted by Crippen LogP contribution is 2.48. The first-order valence-electron chi connectivity index (χ1n) is 18.3. The molecule has 2 heterocycles. The number of methoxy groups -OCH3 is 1. The zero-order valence-electron chi connectivity index (χ0n) is 32.8. The molecule has 1 aromatic carbocycles. The first kappa shape index (κ1) is 39.8. The van der Waals surface area contributed by atoms with Crippen molar-refractivity contribution in [1.29, 1.82) is 0 Å². The summed E-state index contributed by atoms with van der Waals surface area (Å²) >= 11 is 0. The monoisotopic (exact) mass is 687 g/mol. The van der Waals surface area contributed by atoms with E-state index in [4.69, 9.17) is 28.1 Å². The Morgan fingerprint density at radius 1 is 0.723 bits per heavy atom. The normalized spacial score (nSPS) is 21.9. The summed E-state index contributed by atoms with van der Waals surface area (Å²) in [5.74, 6) is 2.49. The van der Waals surface area contributed by atoms with Crippen LogP contribution in [0, 0.1) is 5.41 Å². The minimum atomic E-state index is -2.27. The fourth-order valence-corrected chi connectivity index (χ4v) is 19.8. The van der Waals surface area contributed by atoms with Crippen LogP contribution < -0.4 is 4.74 Å². The van der Waals surface area contributed by atoms with E-state index in [1.807, 2.05) is 12.1 Å². The van der Waals surface area contributed by atoms with Crippen molar-refractivity contribution in [3.8, 4) is 5.75 Å². The number of ether oxygens (including phenoxy) is 3. The molecule has 2 aliphatic heterocycles. The summed E-state index contributed by atoms with van der Waals surface area (Å²) in [5, 5.41) is 0. The molecule has 0 saturated heterocycles. The maximum atomic E-state index is 7.64. The van der Waals surface area contributed by atoms with Crippen molar-refractivity contribution in [3.05, 3.63) is 41.7 Å². The van der Waals surface area contributed by atoms with Gasteiger partial charge in [-0.25, -0.2) is 4.99 Å². The molecule has 0 aromatic heterocycles. The predicted octanol–water partition coefficient (Wildman–Crippen LogP) is 11.0. The molecule has 0 N–H and O–H groups in total. The maximum Gasteiger partial charge on any atom is 0.201 e. The summed E-state index contributed by atoms with van der Waals surface area (Å²) in [6.45, 7) is 36.1. The van der Waals surface area contributed by atoms with E-state index in [-0.39, 0.29) is 29.6 Å². The van der Waals surface area contributed by atoms with E-state index in [1.165, 1.54) is 0 Å². The zero-order chi connectivity index (χ0) is 35.5. The Hall–Kier alpha value is -1.62. The second kappa shape index (κ2) is 15.9. The topological polar surface area (TPSA) is 58.5 Å². The lowest BCUT2D eigenvalue weighted by atomic mass is 9.88. The Balaban J connectivity index is 2.18. The van der Waals surface area contributed by atoms with Crippen LogP contribution in [0.5, 0.6) is 5.75 Å². The van der Waals surface area contributed by atoms with Crippen LogP contribution in [0.4, 0.5) is 0 Å². The minimum absolute atomic E-state index is 0.0413. The van der Waals surface area contributed by atoms with Gasteiger partial charge in [0.1, 0.15) is 30.8 Å². The number of hydrogen-bond donors (Lipinski definition) is 0. The van der Waals surface area contributed by atoms with Crippen LogP contribution in [0.2, 0.25) is 33.2 Å². The minimum Gasteiger partial charge on any atom is -0.497 e. The molecule has 268 valence electrons. The summed E-state index contributed by atoms with van der Waals surface area (Å²) in [4.78, 5) is 5.07. The third-order valence-corrected chi connectivity index (χ3v) is 23.4. The van der Waals surface area contributed by atoms with Gasteiger partial charge in [-0.2, -0.15) is 0 Å². The summed E-state index contributed by atoms with van der Waals surface area (Å²) in [5.41, 5.74) is 3.97. The van der Waals surface area contributed by atoms with Gasteiger partial charge in [0.15, 0.2) is 5.90 Å². The Bertz CT molecular complexity index is 1160. The predicted molar refractivity (Wildman–Crippen MR) is 203 cm³/mol. The van der Waals surface area contributed by atoms with Gasteiger partial charge < -0.3 is 23.1 Å². The third kappa shape index (κ3) is 8.58. The number of nitrogens with zero attached hydrogens (tertiary/aromatic N) is 1. The highest BCUT2D eigenvalue weighted by Gasteiger charge is 2.52. The average Bonchev–Trinajstić information content (AvgIpc) is 3.46. The van der Waals surface area contributed by atoms with Crippen LogP contribution in [0.1, 0.15) is 122 Å². The van der Waals surface area contributed by atoms with E-state index >= 15 is 0 Å². The standard InChI is InChI=1S/C39H69NO5Si2/c1-25(2)46(26(3)4,27(5)6)44-35-22-34(42-23-36(35)45-47(28(7)8,29(9)10)30(11)12)33(31-17-19-32(41-16)20-18-31)21-38-40-37(24-43-38)39(13,14)15/h17-20,22,25-30,33,35-37H,21,23-24H2,1-16H3/t33-,35+,36+,37+/m0/s1. The molecule has 0 spiro atoms. The van der Waals surface area contributed by atoms with Crippen molar-refractivity contribution >= 4 is 22.5 Å². The molecule has 4 atom stereocenters. The molecule has 47 heavy (non-hydrogen) atoms. The van der Waals surface area contributed by atoms with Crippen LogP contribution in [-0.2, 0) is 18.3 Å². The molecule has 8 heteroatoms. The van der Waals surface area contributed by atoms with Crippen molar-refractivity contribution in [1.82, 2.24) is 0 Å². The van der Waals surface area contributed by atoms with Crippen LogP contribution in [0.3, 0.4) is 0 Å². The number of hydrogen-bond acceptors (Lipinski definition) is 6. The van der Waals surface area contributed by atoms with Crippen LogP contribution in [0.25, 0.3) is 0 Å². The molecule has 3 rings (SSSR count). The molecule has 0 amide bonds. The molecular formula is C39H69NO5Si2. The van der Waals surface area contributed by atoms with Gasteiger partial charge in [0.05, 0.1) is 19.3 Å². The van der Waals surface area contributed by atoms with Crippen LogP contribution >= 0.6 is 0 Å². The molecule has 0 saturated carbocycles. The smallest absolute Gasteiger partial charge is 0.201 e. The SMILES string of the molecule is COc1ccc([C@H](CC2=N[C@@H](C(C)(C)C)CO2)C2=C[C@@H](O[Si](C(C)C)(C(C)C)C(C)C)[C@H](O[Si](C(C)C)(C(C)C)C(C)C)CO2)cc1. The van der Waals surface area contributed by atoms with Gasteiger partial charge in [-0.3, -0.25) is 0 Å². The van der Waals surface area contributed by atoms with Gasteiger partial charge in [0, 0.05) is 12.3 Å². The Morgan fingerprint density at radius 2 is 1.21 bits per heavy atom. The van der Waals surface area contributed by atoms with Crippen LogP contribution in [0.15, 0.2) is 41.1 Å². The molecule has 6 nitrogen and oxygen atoms in total. The van der Waals surface area contributed by atoms with Crippen molar-refractivity contribution in [2.75, 3.05) is 20.3 Å². The van der Waals surface area contributed by atoms with E-state index in [2.05, 4.69) is 122 Å². The largest absolute Gasteiger partial charge is 0.497 e. The van der Waals surface area contributed by atoms with E-state index in [9.17, 15) is 0 Å². The van der Waals surface area contributed by atoms with Gasteiger partial charge >= 0.3 is 0 Å². The second-order valence-corrected chi connectivity index (χ2v) is 27.8. The van der Waals surface area contributed by atoms with Gasteiger partial charge in [-0.1, -0.05) is 116 Å². The quantitative estimate of drug-likeness (QED) is 0.172. The molecule has 0 aliphatic carbocycles. The second-order valence-electron chi connectivity index (χ2n) is 17.0. The first-order chi connectivity index (χ1) is 21.8. The highest BCUT2D eigenvalue weighted by molar-refractivity contribution is 6.78. The van der Waals surface area contributed by atoms with Gasteiger partial charge in [-0.05, 0) is 62.4 Å². The van der Waals surface area contributed by atoms with Crippen LogP contribution in [-0.4, -0.2) is 61.1 Å². The number of benzene rings is 1. The molecule has 0 fully saturated rings. The molecule has 2 aliphatic rings. The molecule has 1 aromatic rings. The molecule has 0 unspecified atom stereocenters. The maximum absolute atomic E-state index is 7.64. The van der Waals surface area contributed by atoms with E-state index in [1.54, 1.807) is 7.11 Å². The van der Waals surface area contributed by atoms with Gasteiger partial charge in [-0.15, -0.1) is 0 Å². The number of rotatable bonds is 15. The van der Waals surface area contributed by atoms with Crippen molar-refractivity contribution in [2.45, 2.75) is 168 Å². The Labute approximate surface area is 290 Å². The lowest BCUT2D eigenvalue weighted by molar-refractivity contribution is -0.0147. The first-order valence-corrected chi connectivity index (χ1v) is 22.6. The summed E-state index contributed by atoms with van der Waals surface area (Å²) < 4.78 is 33.7. The fourth-order valence-electron chi connectivity index (χ4n) is 8.70. The van der Waals surface area contributed by atoms with Gasteiger partial charge in [0.2, 0.25) is 16.6 Å². The summed E-state index contributed by atoms with van der Waals surface area (Å²) in [6, 6.07) is 8.49. The molecule has 0 bridgehead atoms. The average molecular weight is 688 g/mol. The lowest BCUT2D eigenvalue weighted by Crippen LogP contribution is -2.58. The molecule has 0 radical (unpaired) electrons. The van der Waals surface area contributed by atoms with E-state index in [0.717, 1.165) is 23.0 Å². The number of allylic oxidation sites excluding steroid dienone is 1. The molecular weight excluding hydrogens is 619 g/mol. The number of aliphatic imine (C=N–C) groups is 1. The Morgan fingerprint density at radius 3 is 1.64 bits per heavy atom. The lowest BCUT2D eigenvalue weighted by Gasteiger charge is -2.50. The Kier molecular flexibility index (Phi) is 13.5. The summed E-state index contributed by atoms with van der Waals surface area (Å²) in [6.07, 6.45) is 2.56.